The lowest BCUT2D eigenvalue weighted by atomic mass is 10.1. The lowest BCUT2D eigenvalue weighted by Gasteiger charge is -2.13. The van der Waals surface area contributed by atoms with Gasteiger partial charge in [-0.15, -0.1) is 0 Å². The first-order valence-corrected chi connectivity index (χ1v) is 9.18. The zero-order valence-electron chi connectivity index (χ0n) is 16.6. The molecule has 0 radical (unpaired) electrons. The van der Waals surface area contributed by atoms with E-state index in [0.29, 0.717) is 11.9 Å². The number of hydrogen-bond donors (Lipinski definition) is 4. The van der Waals surface area contributed by atoms with Crippen molar-refractivity contribution < 1.29 is 27.5 Å². The molecule has 0 atom stereocenters. The second-order valence-corrected chi connectivity index (χ2v) is 6.36. The number of nitrogens with zero attached hydrogens (tertiary/aromatic N) is 2. The molecule has 0 saturated heterocycles. The van der Waals surface area contributed by atoms with Crippen molar-refractivity contribution >= 4 is 17.5 Å². The summed E-state index contributed by atoms with van der Waals surface area (Å²) in [6, 6.07) is 5.94. The lowest BCUT2D eigenvalue weighted by Crippen LogP contribution is -2.25. The minimum Gasteiger partial charge on any atom is -0.490 e. The molecule has 2 aromatic heterocycles. The highest BCUT2D eigenvalue weighted by Gasteiger charge is 2.33. The number of ether oxygens (including phenoxy) is 1. The molecule has 2 amide bonds. The number of benzene rings is 1. The number of alkyl halides is 3. The molecule has 1 aromatic carbocycles. The second kappa shape index (κ2) is 9.69. The first-order valence-electron chi connectivity index (χ1n) is 9.18. The van der Waals surface area contributed by atoms with Crippen LogP contribution in [0.15, 0.2) is 36.7 Å². The molecule has 0 saturated carbocycles. The van der Waals surface area contributed by atoms with Crippen molar-refractivity contribution in [3.05, 3.63) is 48.0 Å². The van der Waals surface area contributed by atoms with E-state index in [-0.39, 0.29) is 41.9 Å². The van der Waals surface area contributed by atoms with Crippen molar-refractivity contribution in [1.29, 1.82) is 0 Å². The van der Waals surface area contributed by atoms with Crippen LogP contribution in [0, 0.1) is 11.8 Å². The molecule has 2 heterocycles. The average molecular weight is 446 g/mol. The van der Waals surface area contributed by atoms with Gasteiger partial charge in [0.15, 0.2) is 0 Å². The maximum atomic E-state index is 12.9. The molecular formula is C20H17F3N6O3. The van der Waals surface area contributed by atoms with Crippen LogP contribution in [0.25, 0.3) is 11.4 Å². The maximum absolute atomic E-state index is 12.9. The van der Waals surface area contributed by atoms with Gasteiger partial charge in [-0.25, -0.2) is 4.98 Å². The number of hydrogen-bond acceptors (Lipinski definition) is 5. The van der Waals surface area contributed by atoms with Gasteiger partial charge in [0.1, 0.15) is 29.6 Å². The van der Waals surface area contributed by atoms with Crippen molar-refractivity contribution in [1.82, 2.24) is 25.5 Å². The molecule has 0 aliphatic heterocycles. The summed E-state index contributed by atoms with van der Waals surface area (Å²) in [5.41, 5.74) is -0.124. The number of imidazole rings is 1. The van der Waals surface area contributed by atoms with Gasteiger partial charge < -0.3 is 20.4 Å². The molecule has 166 valence electrons. The fourth-order valence-corrected chi connectivity index (χ4v) is 2.50. The average Bonchev–Trinajstić information content (AvgIpc) is 3.42. The van der Waals surface area contributed by atoms with Crippen molar-refractivity contribution in [2.24, 2.45) is 0 Å². The van der Waals surface area contributed by atoms with E-state index in [9.17, 15) is 22.8 Å². The molecule has 4 N–H and O–H groups in total. The van der Waals surface area contributed by atoms with Gasteiger partial charge in [-0.3, -0.25) is 14.7 Å². The van der Waals surface area contributed by atoms with Crippen LogP contribution < -0.4 is 15.4 Å². The van der Waals surface area contributed by atoms with E-state index in [2.05, 4.69) is 42.6 Å². The highest BCUT2D eigenvalue weighted by atomic mass is 19.4. The summed E-state index contributed by atoms with van der Waals surface area (Å²) >= 11 is 0. The molecule has 32 heavy (non-hydrogen) atoms. The van der Waals surface area contributed by atoms with Crippen LogP contribution in [-0.2, 0) is 15.8 Å². The second-order valence-electron chi connectivity index (χ2n) is 6.36. The number of H-pyrrole nitrogens is 2. The lowest BCUT2D eigenvalue weighted by molar-refractivity contribution is -0.140. The number of rotatable bonds is 6. The normalized spacial score (nSPS) is 10.8. The van der Waals surface area contributed by atoms with E-state index in [0.717, 1.165) is 0 Å². The summed E-state index contributed by atoms with van der Waals surface area (Å²) in [5, 5.41) is 11.4. The van der Waals surface area contributed by atoms with Crippen molar-refractivity contribution in [3.63, 3.8) is 0 Å². The molecule has 0 bridgehead atoms. The predicted molar refractivity (Wildman–Crippen MR) is 107 cm³/mol. The van der Waals surface area contributed by atoms with Gasteiger partial charge in [-0.05, 0) is 30.2 Å². The minimum atomic E-state index is -4.57. The number of halogens is 3. The Morgan fingerprint density at radius 3 is 2.72 bits per heavy atom. The van der Waals surface area contributed by atoms with E-state index in [1.54, 1.807) is 6.07 Å². The van der Waals surface area contributed by atoms with Gasteiger partial charge in [-0.1, -0.05) is 0 Å². The molecule has 9 nitrogen and oxygen atoms in total. The Balaban J connectivity index is 1.83. The Bertz CT molecular complexity index is 1160. The van der Waals surface area contributed by atoms with E-state index >= 15 is 0 Å². The first-order chi connectivity index (χ1) is 15.2. The molecule has 0 unspecified atom stereocenters. The Kier molecular flexibility index (Phi) is 6.79. The van der Waals surface area contributed by atoms with Crippen molar-refractivity contribution in [2.75, 3.05) is 18.5 Å². The molecule has 3 aromatic rings. The standard InChI is InChI=1S/C20H17F3N6O3/c1-12(30)24-8-9-32-16-4-2-13(19-25-11-17(28-19)20(21,22)23)10-15(16)27-18(31)5-3-14-6-7-26-29-14/h2,4,6-7,10-11H,8-9H2,1H3,(H,24,30)(H,25,28)(H,26,29)(H,27,31). The summed E-state index contributed by atoms with van der Waals surface area (Å²) in [6.45, 7) is 1.68. The molecular weight excluding hydrogens is 429 g/mol. The van der Waals surface area contributed by atoms with Crippen molar-refractivity contribution in [3.8, 4) is 29.0 Å². The summed E-state index contributed by atoms with van der Waals surface area (Å²) in [6.07, 6.45) is -2.41. The zero-order valence-corrected chi connectivity index (χ0v) is 16.6. The van der Waals surface area contributed by atoms with Crippen LogP contribution >= 0.6 is 0 Å². The highest BCUT2D eigenvalue weighted by Crippen LogP contribution is 2.32. The van der Waals surface area contributed by atoms with Gasteiger partial charge in [0, 0.05) is 24.6 Å². The first kappa shape index (κ1) is 22.4. The van der Waals surface area contributed by atoms with Crippen LogP contribution in [0.1, 0.15) is 18.3 Å². The third-order valence-electron chi connectivity index (χ3n) is 3.93. The quantitative estimate of drug-likeness (QED) is 0.342. The number of amides is 2. The summed E-state index contributed by atoms with van der Waals surface area (Å²) in [5.74, 6) is 4.23. The van der Waals surface area contributed by atoms with E-state index < -0.39 is 17.8 Å². The van der Waals surface area contributed by atoms with Crippen LogP contribution in [0.5, 0.6) is 5.75 Å². The van der Waals surface area contributed by atoms with Gasteiger partial charge in [0.05, 0.1) is 18.4 Å². The number of aromatic nitrogens is 4. The third-order valence-corrected chi connectivity index (χ3v) is 3.93. The van der Waals surface area contributed by atoms with Crippen LogP contribution in [-0.4, -0.2) is 45.1 Å². The smallest absolute Gasteiger partial charge is 0.432 e. The van der Waals surface area contributed by atoms with Crippen LogP contribution in [0.3, 0.4) is 0 Å². The number of nitrogens with one attached hydrogen (secondary N) is 4. The number of carbonyl (C=O) groups excluding carboxylic acids is 2. The van der Waals surface area contributed by atoms with E-state index in [1.165, 1.54) is 31.3 Å². The van der Waals surface area contributed by atoms with Crippen LogP contribution in [0.4, 0.5) is 18.9 Å². The zero-order chi connectivity index (χ0) is 23.1. The third kappa shape index (κ3) is 6.11. The topological polar surface area (TPSA) is 125 Å². The van der Waals surface area contributed by atoms with E-state index in [4.69, 9.17) is 4.74 Å². The van der Waals surface area contributed by atoms with Gasteiger partial charge in [-0.2, -0.15) is 18.3 Å². The highest BCUT2D eigenvalue weighted by molar-refractivity contribution is 6.05. The Morgan fingerprint density at radius 2 is 2.06 bits per heavy atom. The van der Waals surface area contributed by atoms with Gasteiger partial charge in [0.25, 0.3) is 0 Å². The Morgan fingerprint density at radius 1 is 1.25 bits per heavy atom. The van der Waals surface area contributed by atoms with E-state index in [1.807, 2.05) is 0 Å². The minimum absolute atomic E-state index is 0.0406. The Labute approximate surface area is 179 Å². The summed E-state index contributed by atoms with van der Waals surface area (Å²) < 4.78 is 44.2. The fourth-order valence-electron chi connectivity index (χ4n) is 2.50. The van der Waals surface area contributed by atoms with Crippen molar-refractivity contribution in [2.45, 2.75) is 13.1 Å². The predicted octanol–water partition coefficient (Wildman–Crippen LogP) is 2.32. The molecule has 0 aliphatic carbocycles. The molecule has 0 aliphatic rings. The molecule has 3 rings (SSSR count). The number of anilines is 1. The Hall–Kier alpha value is -4.27. The van der Waals surface area contributed by atoms with Gasteiger partial charge in [0.2, 0.25) is 5.91 Å². The monoisotopic (exact) mass is 446 g/mol. The molecule has 0 fully saturated rings. The summed E-state index contributed by atoms with van der Waals surface area (Å²) in [4.78, 5) is 29.2. The fraction of sp³-hybridized carbons (Fsp3) is 0.200. The largest absolute Gasteiger partial charge is 0.490 e. The summed E-state index contributed by atoms with van der Waals surface area (Å²) in [7, 11) is 0. The number of aromatic amines is 2. The molecule has 12 heteroatoms. The van der Waals surface area contributed by atoms with Crippen LogP contribution in [0.2, 0.25) is 0 Å². The molecule has 0 spiro atoms. The number of carbonyl (C=O) groups is 2. The maximum Gasteiger partial charge on any atom is 0.432 e. The SMILES string of the molecule is CC(=O)NCCOc1ccc(-c2ncc(C(F)(F)F)[nH]2)cc1NC(=O)C#Cc1ccn[nH]1. The van der Waals surface area contributed by atoms with Gasteiger partial charge >= 0.3 is 12.1 Å².